The Hall–Kier alpha value is -1.85. The van der Waals surface area contributed by atoms with Crippen LogP contribution >= 0.6 is 11.3 Å². The molecule has 0 atom stereocenters. The number of rotatable bonds is 6. The molecular formula is C21H28N2O2S. The molecule has 0 unspecified atom stereocenters. The number of carbonyl (C=O) groups excluding carboxylic acids is 1. The molecule has 0 spiro atoms. The van der Waals surface area contributed by atoms with Gasteiger partial charge in [-0.15, -0.1) is 11.3 Å². The van der Waals surface area contributed by atoms with Crippen LogP contribution in [0.3, 0.4) is 0 Å². The van der Waals surface area contributed by atoms with Crippen LogP contribution in [0.5, 0.6) is 0 Å². The quantitative estimate of drug-likeness (QED) is 0.733. The number of carbonyl (C=O) groups is 1. The number of anilines is 1. The molecule has 26 heavy (non-hydrogen) atoms. The van der Waals surface area contributed by atoms with Gasteiger partial charge in [-0.2, -0.15) is 0 Å². The summed E-state index contributed by atoms with van der Waals surface area (Å²) in [6.45, 7) is 9.59. The SMILES string of the molecule is CCOC(=O)c1c(N)sc(CN2CCCC2)c1-c1ccc(C(C)C)cc1. The van der Waals surface area contributed by atoms with Crippen molar-refractivity contribution in [1.82, 2.24) is 4.90 Å². The van der Waals surface area contributed by atoms with Gasteiger partial charge in [0, 0.05) is 17.0 Å². The number of nitrogens with zero attached hydrogens (tertiary/aromatic N) is 1. The summed E-state index contributed by atoms with van der Waals surface area (Å²) in [4.78, 5) is 16.2. The first-order valence-corrected chi connectivity index (χ1v) is 10.2. The molecule has 5 heteroatoms. The van der Waals surface area contributed by atoms with Gasteiger partial charge in [-0.1, -0.05) is 38.1 Å². The van der Waals surface area contributed by atoms with Crippen molar-refractivity contribution in [3.05, 3.63) is 40.3 Å². The van der Waals surface area contributed by atoms with Crippen molar-refractivity contribution >= 4 is 22.3 Å². The van der Waals surface area contributed by atoms with Gasteiger partial charge < -0.3 is 10.5 Å². The van der Waals surface area contributed by atoms with E-state index >= 15 is 0 Å². The van der Waals surface area contributed by atoms with Crippen molar-refractivity contribution in [2.24, 2.45) is 0 Å². The third kappa shape index (κ3) is 3.94. The number of hydrogen-bond acceptors (Lipinski definition) is 5. The topological polar surface area (TPSA) is 55.6 Å². The van der Waals surface area contributed by atoms with Gasteiger partial charge in [-0.3, -0.25) is 4.90 Å². The van der Waals surface area contributed by atoms with E-state index in [1.807, 2.05) is 6.92 Å². The summed E-state index contributed by atoms with van der Waals surface area (Å²) in [6.07, 6.45) is 2.48. The molecule has 0 aliphatic carbocycles. The van der Waals surface area contributed by atoms with Crippen molar-refractivity contribution in [3.8, 4) is 11.1 Å². The highest BCUT2D eigenvalue weighted by Crippen LogP contribution is 2.40. The lowest BCUT2D eigenvalue weighted by Gasteiger charge is -2.16. The van der Waals surface area contributed by atoms with Crippen molar-refractivity contribution in [2.45, 2.75) is 46.1 Å². The van der Waals surface area contributed by atoms with Gasteiger partial charge in [-0.25, -0.2) is 4.79 Å². The first-order chi connectivity index (χ1) is 12.5. The fourth-order valence-electron chi connectivity index (χ4n) is 3.50. The van der Waals surface area contributed by atoms with Gasteiger partial charge in [0.1, 0.15) is 10.6 Å². The van der Waals surface area contributed by atoms with Crippen LogP contribution in [0.1, 0.15) is 60.3 Å². The lowest BCUT2D eigenvalue weighted by Crippen LogP contribution is -2.18. The molecule has 1 fully saturated rings. The lowest BCUT2D eigenvalue weighted by atomic mass is 9.96. The van der Waals surface area contributed by atoms with Crippen molar-refractivity contribution in [2.75, 3.05) is 25.4 Å². The van der Waals surface area contributed by atoms with E-state index in [2.05, 4.69) is 43.0 Å². The first kappa shape index (κ1) is 18.9. The van der Waals surface area contributed by atoms with Crippen molar-refractivity contribution in [3.63, 3.8) is 0 Å². The Balaban J connectivity index is 2.04. The maximum Gasteiger partial charge on any atom is 0.341 e. The molecule has 1 aliphatic rings. The molecule has 1 aliphatic heterocycles. The van der Waals surface area contributed by atoms with Gasteiger partial charge in [0.2, 0.25) is 0 Å². The maximum absolute atomic E-state index is 12.6. The van der Waals surface area contributed by atoms with Crippen LogP contribution < -0.4 is 5.73 Å². The molecule has 3 rings (SSSR count). The number of esters is 1. The van der Waals surface area contributed by atoms with Gasteiger partial charge in [0.05, 0.1) is 6.61 Å². The normalized spacial score (nSPS) is 14.9. The smallest absolute Gasteiger partial charge is 0.341 e. The number of nitrogen functional groups attached to an aromatic ring is 1. The molecule has 0 amide bonds. The third-order valence-electron chi connectivity index (χ3n) is 4.92. The van der Waals surface area contributed by atoms with Crippen LogP contribution in [0.4, 0.5) is 5.00 Å². The highest BCUT2D eigenvalue weighted by molar-refractivity contribution is 7.17. The fourth-order valence-corrected chi connectivity index (χ4v) is 4.62. The number of hydrogen-bond donors (Lipinski definition) is 1. The van der Waals surface area contributed by atoms with E-state index in [4.69, 9.17) is 10.5 Å². The molecule has 1 aromatic carbocycles. The van der Waals surface area contributed by atoms with Gasteiger partial charge in [0.15, 0.2) is 0 Å². The zero-order valence-electron chi connectivity index (χ0n) is 15.9. The van der Waals surface area contributed by atoms with E-state index in [1.54, 1.807) is 0 Å². The second kappa shape index (κ2) is 8.23. The maximum atomic E-state index is 12.6. The van der Waals surface area contributed by atoms with E-state index in [1.165, 1.54) is 29.7 Å². The van der Waals surface area contributed by atoms with Crippen LogP contribution in [-0.4, -0.2) is 30.6 Å². The average Bonchev–Trinajstić information content (AvgIpc) is 3.23. The van der Waals surface area contributed by atoms with E-state index < -0.39 is 0 Å². The Morgan fingerprint density at radius 3 is 2.46 bits per heavy atom. The molecule has 2 N–H and O–H groups in total. The minimum absolute atomic E-state index is 0.322. The van der Waals surface area contributed by atoms with Gasteiger partial charge in [0.25, 0.3) is 0 Å². The number of likely N-dealkylation sites (tertiary alicyclic amines) is 1. The van der Waals surface area contributed by atoms with Crippen molar-refractivity contribution < 1.29 is 9.53 Å². The molecule has 1 aromatic heterocycles. The van der Waals surface area contributed by atoms with Crippen LogP contribution in [-0.2, 0) is 11.3 Å². The molecule has 1 saturated heterocycles. The standard InChI is InChI=1S/C21H28N2O2S/c1-4-25-21(24)19-18(16-9-7-15(8-10-16)14(2)3)17(26-20(19)22)13-23-11-5-6-12-23/h7-10,14H,4-6,11-13,22H2,1-3H3. The fraction of sp³-hybridized carbons (Fsp3) is 0.476. The summed E-state index contributed by atoms with van der Waals surface area (Å²) in [7, 11) is 0. The van der Waals surface area contributed by atoms with Crippen LogP contribution in [0.25, 0.3) is 11.1 Å². The average molecular weight is 373 g/mol. The van der Waals surface area contributed by atoms with E-state index in [0.717, 1.165) is 35.6 Å². The molecule has 2 heterocycles. The predicted molar refractivity (Wildman–Crippen MR) is 109 cm³/mol. The summed E-state index contributed by atoms with van der Waals surface area (Å²) < 4.78 is 5.29. The van der Waals surface area contributed by atoms with E-state index in [-0.39, 0.29) is 5.97 Å². The number of thiophene rings is 1. The lowest BCUT2D eigenvalue weighted by molar-refractivity contribution is 0.0529. The van der Waals surface area contributed by atoms with Gasteiger partial charge >= 0.3 is 5.97 Å². The molecule has 0 radical (unpaired) electrons. The number of nitrogens with two attached hydrogens (primary N) is 1. The largest absolute Gasteiger partial charge is 0.462 e. The molecule has 0 saturated carbocycles. The Bertz CT molecular complexity index is 759. The molecule has 0 bridgehead atoms. The molecule has 2 aromatic rings. The van der Waals surface area contributed by atoms with E-state index in [0.29, 0.717) is 23.1 Å². The zero-order chi connectivity index (χ0) is 18.7. The monoisotopic (exact) mass is 372 g/mol. The molecule has 140 valence electrons. The van der Waals surface area contributed by atoms with E-state index in [9.17, 15) is 4.79 Å². The Morgan fingerprint density at radius 2 is 1.88 bits per heavy atom. The zero-order valence-corrected chi connectivity index (χ0v) is 16.7. The minimum Gasteiger partial charge on any atom is -0.462 e. The van der Waals surface area contributed by atoms with Crippen LogP contribution in [0.15, 0.2) is 24.3 Å². The number of ether oxygens (including phenoxy) is 1. The summed E-state index contributed by atoms with van der Waals surface area (Å²) in [5, 5.41) is 0.556. The molecule has 4 nitrogen and oxygen atoms in total. The Kier molecular flexibility index (Phi) is 5.99. The Morgan fingerprint density at radius 1 is 1.23 bits per heavy atom. The van der Waals surface area contributed by atoms with Crippen LogP contribution in [0, 0.1) is 0 Å². The third-order valence-corrected chi connectivity index (χ3v) is 5.92. The summed E-state index contributed by atoms with van der Waals surface area (Å²) in [6, 6.07) is 8.49. The Labute approximate surface area is 160 Å². The summed E-state index contributed by atoms with van der Waals surface area (Å²) in [5.74, 6) is 0.155. The molecular weight excluding hydrogens is 344 g/mol. The summed E-state index contributed by atoms with van der Waals surface area (Å²) in [5.41, 5.74) is 10.1. The number of benzene rings is 1. The highest BCUT2D eigenvalue weighted by atomic mass is 32.1. The second-order valence-corrected chi connectivity index (χ2v) is 8.26. The summed E-state index contributed by atoms with van der Waals surface area (Å²) >= 11 is 1.52. The van der Waals surface area contributed by atoms with Crippen molar-refractivity contribution in [1.29, 1.82) is 0 Å². The second-order valence-electron chi connectivity index (χ2n) is 7.12. The minimum atomic E-state index is -0.322. The van der Waals surface area contributed by atoms with Crippen LogP contribution in [0.2, 0.25) is 0 Å². The highest BCUT2D eigenvalue weighted by Gasteiger charge is 2.26. The predicted octanol–water partition coefficient (Wildman–Crippen LogP) is 4.89. The van der Waals surface area contributed by atoms with Gasteiger partial charge in [-0.05, 0) is 49.9 Å². The first-order valence-electron chi connectivity index (χ1n) is 9.42.